The van der Waals surface area contributed by atoms with E-state index in [0.717, 1.165) is 18.0 Å². The quantitative estimate of drug-likeness (QED) is 0.798. The molecule has 0 aromatic carbocycles. The average Bonchev–Trinajstić information content (AvgIpc) is 2.85. The lowest BCUT2D eigenvalue weighted by Gasteiger charge is -2.11. The van der Waals surface area contributed by atoms with Crippen LogP contribution in [-0.2, 0) is 11.3 Å². The fourth-order valence-electron chi connectivity index (χ4n) is 1.81. The number of hydrogen-bond donors (Lipinski definition) is 2. The van der Waals surface area contributed by atoms with Crippen LogP contribution in [0.5, 0.6) is 0 Å². The maximum Gasteiger partial charge on any atom is 0.224 e. The normalized spacial score (nSPS) is 12.5. The summed E-state index contributed by atoms with van der Waals surface area (Å²) < 4.78 is 1.87. The number of rotatable bonds is 6. The predicted octanol–water partition coefficient (Wildman–Crippen LogP) is 0.591. The molecule has 1 unspecified atom stereocenters. The highest BCUT2D eigenvalue weighted by atomic mass is 16.1. The number of nitrogens with zero attached hydrogens (tertiary/aromatic N) is 3. The van der Waals surface area contributed by atoms with E-state index in [4.69, 9.17) is 0 Å². The summed E-state index contributed by atoms with van der Waals surface area (Å²) in [5, 5.41) is 14.2. The van der Waals surface area contributed by atoms with Crippen LogP contribution in [0.2, 0.25) is 0 Å². The molecule has 0 saturated carbocycles. The number of carbonyl (C=O) groups excluding carboxylic acids is 1. The van der Waals surface area contributed by atoms with Crippen molar-refractivity contribution in [2.75, 3.05) is 13.1 Å². The predicted molar refractivity (Wildman–Crippen MR) is 72.5 cm³/mol. The number of amides is 1. The molecule has 19 heavy (non-hydrogen) atoms. The largest absolute Gasteiger partial charge is 0.349 e. The molecule has 0 aliphatic rings. The standard InChI is InChI=1S/C13H19N5O/c1-3-14-8-10(2)13(19)15-9-12-17-16-11-6-4-5-7-18(11)12/h4-7,10,14H,3,8-9H2,1-2H3,(H,15,19). The molecule has 1 amide bonds. The van der Waals surface area contributed by atoms with Gasteiger partial charge in [0.15, 0.2) is 11.5 Å². The third kappa shape index (κ3) is 3.29. The van der Waals surface area contributed by atoms with Gasteiger partial charge in [-0.05, 0) is 18.7 Å². The minimum absolute atomic E-state index is 0.0219. The van der Waals surface area contributed by atoms with Gasteiger partial charge in [-0.2, -0.15) is 0 Å². The van der Waals surface area contributed by atoms with E-state index in [1.807, 2.05) is 42.6 Å². The molecule has 0 bridgehead atoms. The molecule has 2 aromatic heterocycles. The first-order valence-corrected chi connectivity index (χ1v) is 6.49. The Morgan fingerprint density at radius 3 is 3.05 bits per heavy atom. The Balaban J connectivity index is 1.93. The van der Waals surface area contributed by atoms with Crippen molar-refractivity contribution in [2.24, 2.45) is 5.92 Å². The van der Waals surface area contributed by atoms with Crippen molar-refractivity contribution >= 4 is 11.6 Å². The van der Waals surface area contributed by atoms with E-state index in [1.54, 1.807) is 0 Å². The van der Waals surface area contributed by atoms with E-state index in [-0.39, 0.29) is 11.8 Å². The first-order valence-electron chi connectivity index (χ1n) is 6.49. The van der Waals surface area contributed by atoms with Crippen LogP contribution in [0.3, 0.4) is 0 Å². The van der Waals surface area contributed by atoms with E-state index in [2.05, 4.69) is 20.8 Å². The van der Waals surface area contributed by atoms with Gasteiger partial charge >= 0.3 is 0 Å². The molecule has 0 saturated heterocycles. The summed E-state index contributed by atoms with van der Waals surface area (Å²) in [6.07, 6.45) is 1.89. The van der Waals surface area contributed by atoms with Crippen molar-refractivity contribution in [1.82, 2.24) is 25.2 Å². The van der Waals surface area contributed by atoms with E-state index in [0.29, 0.717) is 13.1 Å². The van der Waals surface area contributed by atoms with Crippen LogP contribution in [-0.4, -0.2) is 33.6 Å². The van der Waals surface area contributed by atoms with E-state index >= 15 is 0 Å². The fourth-order valence-corrected chi connectivity index (χ4v) is 1.81. The van der Waals surface area contributed by atoms with Gasteiger partial charge in [-0.3, -0.25) is 9.20 Å². The molecular weight excluding hydrogens is 242 g/mol. The zero-order valence-electron chi connectivity index (χ0n) is 11.3. The van der Waals surface area contributed by atoms with Crippen molar-refractivity contribution in [2.45, 2.75) is 20.4 Å². The van der Waals surface area contributed by atoms with E-state index in [1.165, 1.54) is 0 Å². The third-order valence-electron chi connectivity index (χ3n) is 2.95. The molecule has 0 fully saturated rings. The number of nitrogens with one attached hydrogen (secondary N) is 2. The molecule has 1 atom stereocenters. The number of fused-ring (bicyclic) bond motifs is 1. The van der Waals surface area contributed by atoms with Crippen molar-refractivity contribution in [3.8, 4) is 0 Å². The lowest BCUT2D eigenvalue weighted by atomic mass is 10.1. The highest BCUT2D eigenvalue weighted by molar-refractivity contribution is 5.78. The maximum atomic E-state index is 11.9. The molecule has 0 aliphatic heterocycles. The van der Waals surface area contributed by atoms with Crippen LogP contribution in [0.15, 0.2) is 24.4 Å². The van der Waals surface area contributed by atoms with Crippen molar-refractivity contribution in [3.63, 3.8) is 0 Å². The van der Waals surface area contributed by atoms with Gasteiger partial charge in [-0.25, -0.2) is 0 Å². The van der Waals surface area contributed by atoms with Gasteiger partial charge in [0.2, 0.25) is 5.91 Å². The molecule has 2 rings (SSSR count). The molecular formula is C13H19N5O. The number of carbonyl (C=O) groups is 1. The zero-order chi connectivity index (χ0) is 13.7. The molecule has 0 aliphatic carbocycles. The van der Waals surface area contributed by atoms with Crippen LogP contribution in [0, 0.1) is 5.92 Å². The van der Waals surface area contributed by atoms with Gasteiger partial charge in [-0.15, -0.1) is 10.2 Å². The summed E-state index contributed by atoms with van der Waals surface area (Å²) in [5.41, 5.74) is 0.785. The number of aromatic nitrogens is 3. The Hall–Kier alpha value is -1.95. The van der Waals surface area contributed by atoms with Crippen molar-refractivity contribution < 1.29 is 4.79 Å². The van der Waals surface area contributed by atoms with Crippen molar-refractivity contribution in [1.29, 1.82) is 0 Å². The monoisotopic (exact) mass is 261 g/mol. The molecule has 6 heteroatoms. The Morgan fingerprint density at radius 2 is 2.26 bits per heavy atom. The molecule has 0 spiro atoms. The Kier molecular flexibility index (Phi) is 4.46. The molecule has 2 aromatic rings. The second kappa shape index (κ2) is 6.29. The first kappa shape index (κ1) is 13.5. The Labute approximate surface area is 112 Å². The average molecular weight is 261 g/mol. The lowest BCUT2D eigenvalue weighted by molar-refractivity contribution is -0.124. The van der Waals surface area contributed by atoms with Gasteiger partial charge in [0.1, 0.15) is 0 Å². The summed E-state index contributed by atoms with van der Waals surface area (Å²) in [5.74, 6) is 0.701. The second-order valence-corrected chi connectivity index (χ2v) is 4.47. The number of pyridine rings is 1. The van der Waals surface area contributed by atoms with Gasteiger partial charge in [0.25, 0.3) is 0 Å². The summed E-state index contributed by atoms with van der Waals surface area (Å²) >= 11 is 0. The third-order valence-corrected chi connectivity index (χ3v) is 2.95. The first-order chi connectivity index (χ1) is 9.22. The summed E-state index contributed by atoms with van der Waals surface area (Å²) in [6.45, 7) is 5.86. The van der Waals surface area contributed by atoms with Crippen LogP contribution in [0.4, 0.5) is 0 Å². The zero-order valence-corrected chi connectivity index (χ0v) is 11.3. The van der Waals surface area contributed by atoms with Gasteiger partial charge in [-0.1, -0.05) is 19.9 Å². The van der Waals surface area contributed by atoms with Crippen molar-refractivity contribution in [3.05, 3.63) is 30.2 Å². The Morgan fingerprint density at radius 1 is 1.42 bits per heavy atom. The van der Waals surface area contributed by atoms with Gasteiger partial charge < -0.3 is 10.6 Å². The van der Waals surface area contributed by atoms with E-state index in [9.17, 15) is 4.79 Å². The van der Waals surface area contributed by atoms with E-state index < -0.39 is 0 Å². The molecule has 6 nitrogen and oxygen atoms in total. The minimum atomic E-state index is -0.0564. The van der Waals surface area contributed by atoms with Crippen LogP contribution < -0.4 is 10.6 Å². The fraction of sp³-hybridized carbons (Fsp3) is 0.462. The maximum absolute atomic E-state index is 11.9. The Bertz CT molecular complexity index is 551. The van der Waals surface area contributed by atoms with Gasteiger partial charge in [0.05, 0.1) is 6.54 Å². The second-order valence-electron chi connectivity index (χ2n) is 4.47. The van der Waals surface area contributed by atoms with Crippen LogP contribution in [0.1, 0.15) is 19.7 Å². The SMILES string of the molecule is CCNCC(C)C(=O)NCc1nnc2ccccn12. The smallest absolute Gasteiger partial charge is 0.224 e. The molecule has 102 valence electrons. The molecule has 2 N–H and O–H groups in total. The highest BCUT2D eigenvalue weighted by Gasteiger charge is 2.13. The number of hydrogen-bond acceptors (Lipinski definition) is 4. The summed E-state index contributed by atoms with van der Waals surface area (Å²) in [6, 6.07) is 5.70. The van der Waals surface area contributed by atoms with Crippen LogP contribution >= 0.6 is 0 Å². The van der Waals surface area contributed by atoms with Crippen LogP contribution in [0.25, 0.3) is 5.65 Å². The molecule has 2 heterocycles. The molecule has 0 radical (unpaired) electrons. The lowest BCUT2D eigenvalue weighted by Crippen LogP contribution is -2.35. The summed E-state index contributed by atoms with van der Waals surface area (Å²) in [7, 11) is 0. The summed E-state index contributed by atoms with van der Waals surface area (Å²) in [4.78, 5) is 11.9. The minimum Gasteiger partial charge on any atom is -0.349 e. The highest BCUT2D eigenvalue weighted by Crippen LogP contribution is 2.02. The topological polar surface area (TPSA) is 71.3 Å². The van der Waals surface area contributed by atoms with Gasteiger partial charge in [0, 0.05) is 18.7 Å².